The Morgan fingerprint density at radius 3 is 2.61 bits per heavy atom. The number of para-hydroxylation sites is 1. The molecule has 0 fully saturated rings. The van der Waals surface area contributed by atoms with Gasteiger partial charge in [0.15, 0.2) is 5.69 Å². The molecule has 0 saturated carbocycles. The minimum Gasteiger partial charge on any atom is -0.266 e. The Bertz CT molecular complexity index is 1310. The van der Waals surface area contributed by atoms with E-state index >= 15 is 0 Å². The highest BCUT2D eigenvalue weighted by atomic mass is 19.1. The molecule has 0 bridgehead atoms. The van der Waals surface area contributed by atoms with Crippen molar-refractivity contribution in [3.05, 3.63) is 97.2 Å². The van der Waals surface area contributed by atoms with Gasteiger partial charge in [0.05, 0.1) is 22.4 Å². The van der Waals surface area contributed by atoms with E-state index in [1.54, 1.807) is 12.1 Å². The molecule has 0 aliphatic rings. The zero-order valence-corrected chi connectivity index (χ0v) is 15.9. The third-order valence-electron chi connectivity index (χ3n) is 4.24. The molecule has 11 heteroatoms. The number of carbonyl (C=O) groups excluding carboxylic acids is 1. The van der Waals surface area contributed by atoms with E-state index in [0.717, 1.165) is 23.0 Å². The van der Waals surface area contributed by atoms with Crippen molar-refractivity contribution in [3.8, 4) is 11.8 Å². The molecule has 31 heavy (non-hydrogen) atoms. The maximum Gasteiger partial charge on any atom is 0.292 e. The molecule has 10 nitrogen and oxygen atoms in total. The SMILES string of the molecule is Cc1c(C(=O)N/N=C/c2ccccc2[N+](=O)[O-])nn(-c2ccc(F)cc2)c(=O)c1C#N. The van der Waals surface area contributed by atoms with Crippen LogP contribution >= 0.6 is 0 Å². The largest absolute Gasteiger partial charge is 0.292 e. The van der Waals surface area contributed by atoms with Crippen molar-refractivity contribution in [2.24, 2.45) is 5.10 Å². The first-order valence-corrected chi connectivity index (χ1v) is 8.70. The van der Waals surface area contributed by atoms with Crippen molar-refractivity contribution in [2.75, 3.05) is 0 Å². The van der Waals surface area contributed by atoms with Crippen LogP contribution in [0.2, 0.25) is 0 Å². The van der Waals surface area contributed by atoms with Gasteiger partial charge in [-0.3, -0.25) is 19.7 Å². The van der Waals surface area contributed by atoms with Gasteiger partial charge in [-0.1, -0.05) is 12.1 Å². The number of nitro benzene ring substituents is 1. The summed E-state index contributed by atoms with van der Waals surface area (Å²) in [5, 5.41) is 28.1. The van der Waals surface area contributed by atoms with E-state index in [1.165, 1.54) is 37.3 Å². The number of rotatable bonds is 5. The van der Waals surface area contributed by atoms with E-state index in [2.05, 4.69) is 15.6 Å². The number of hydrazone groups is 1. The molecule has 0 spiro atoms. The third kappa shape index (κ3) is 4.33. The quantitative estimate of drug-likeness (QED) is 0.381. The summed E-state index contributed by atoms with van der Waals surface area (Å²) < 4.78 is 14.0. The van der Waals surface area contributed by atoms with Gasteiger partial charge in [0, 0.05) is 11.6 Å². The van der Waals surface area contributed by atoms with Crippen LogP contribution < -0.4 is 11.0 Å². The Morgan fingerprint density at radius 2 is 1.97 bits per heavy atom. The van der Waals surface area contributed by atoms with Gasteiger partial charge in [-0.05, 0) is 37.3 Å². The maximum atomic E-state index is 13.2. The predicted octanol–water partition coefficient (Wildman–Crippen LogP) is 2.22. The summed E-state index contributed by atoms with van der Waals surface area (Å²) in [7, 11) is 0. The van der Waals surface area contributed by atoms with Crippen molar-refractivity contribution in [3.63, 3.8) is 0 Å². The van der Waals surface area contributed by atoms with Crippen molar-refractivity contribution >= 4 is 17.8 Å². The van der Waals surface area contributed by atoms with Crippen LogP contribution in [0.5, 0.6) is 0 Å². The maximum absolute atomic E-state index is 13.2. The predicted molar refractivity (Wildman–Crippen MR) is 107 cm³/mol. The lowest BCUT2D eigenvalue weighted by Gasteiger charge is -2.10. The zero-order valence-electron chi connectivity index (χ0n) is 15.9. The standard InChI is InChI=1S/C20H13FN6O4/c1-12-16(10-22)20(29)26(15-8-6-14(21)7-9-15)25-18(12)19(28)24-23-11-13-4-2-3-5-17(13)27(30)31/h2-9,11H,1H3,(H,24,28)/b23-11+. The summed E-state index contributed by atoms with van der Waals surface area (Å²) in [5.74, 6) is -1.38. The van der Waals surface area contributed by atoms with Gasteiger partial charge in [-0.25, -0.2) is 9.82 Å². The van der Waals surface area contributed by atoms with E-state index < -0.39 is 22.2 Å². The fraction of sp³-hybridized carbons (Fsp3) is 0.0500. The molecule has 0 aliphatic heterocycles. The number of hydrogen-bond acceptors (Lipinski definition) is 7. The van der Waals surface area contributed by atoms with Gasteiger partial charge in [0.1, 0.15) is 17.4 Å². The third-order valence-corrected chi connectivity index (χ3v) is 4.24. The highest BCUT2D eigenvalue weighted by molar-refractivity contribution is 5.95. The Morgan fingerprint density at radius 1 is 1.29 bits per heavy atom. The Labute approximate surface area is 174 Å². The number of aromatic nitrogens is 2. The van der Waals surface area contributed by atoms with Crippen LogP contribution in [-0.2, 0) is 0 Å². The monoisotopic (exact) mass is 420 g/mol. The highest BCUT2D eigenvalue weighted by Crippen LogP contribution is 2.15. The van der Waals surface area contributed by atoms with Crippen LogP contribution in [0.25, 0.3) is 5.69 Å². The van der Waals surface area contributed by atoms with Crippen LogP contribution in [0.3, 0.4) is 0 Å². The van der Waals surface area contributed by atoms with E-state index in [-0.39, 0.29) is 33.8 Å². The fourth-order valence-electron chi connectivity index (χ4n) is 2.69. The molecular weight excluding hydrogens is 407 g/mol. The molecule has 0 unspecified atom stereocenters. The molecule has 1 amide bonds. The summed E-state index contributed by atoms with van der Waals surface area (Å²) in [6.45, 7) is 1.38. The molecule has 154 valence electrons. The number of nitriles is 1. The molecule has 1 heterocycles. The number of halogens is 1. The molecular formula is C20H13FN6O4. The number of amides is 1. The fourth-order valence-corrected chi connectivity index (χ4v) is 2.69. The van der Waals surface area contributed by atoms with Gasteiger partial charge in [-0.2, -0.15) is 20.1 Å². The highest BCUT2D eigenvalue weighted by Gasteiger charge is 2.20. The smallest absolute Gasteiger partial charge is 0.266 e. The molecule has 0 radical (unpaired) electrons. The summed E-state index contributed by atoms with van der Waals surface area (Å²) in [4.78, 5) is 35.6. The summed E-state index contributed by atoms with van der Waals surface area (Å²) >= 11 is 0. The first kappa shape index (κ1) is 21.0. The molecule has 1 N–H and O–H groups in total. The minimum absolute atomic E-state index is 0.0317. The van der Waals surface area contributed by atoms with Crippen molar-refractivity contribution in [1.82, 2.24) is 15.2 Å². The average Bonchev–Trinajstić information content (AvgIpc) is 2.75. The minimum atomic E-state index is -0.848. The lowest BCUT2D eigenvalue weighted by Crippen LogP contribution is -2.31. The van der Waals surface area contributed by atoms with Crippen molar-refractivity contribution < 1.29 is 14.1 Å². The molecule has 3 aromatic rings. The summed E-state index contributed by atoms with van der Waals surface area (Å²) in [6, 6.07) is 12.3. The topological polar surface area (TPSA) is 143 Å². The van der Waals surface area contributed by atoms with Gasteiger partial charge in [0.2, 0.25) is 0 Å². The first-order valence-electron chi connectivity index (χ1n) is 8.70. The first-order chi connectivity index (χ1) is 14.8. The van der Waals surface area contributed by atoms with Crippen LogP contribution in [-0.4, -0.2) is 26.8 Å². The zero-order chi connectivity index (χ0) is 22.5. The second-order valence-corrected chi connectivity index (χ2v) is 6.17. The Hall–Kier alpha value is -4.72. The summed E-state index contributed by atoms with van der Waals surface area (Å²) in [6.07, 6.45) is 1.09. The molecule has 1 aromatic heterocycles. The number of nitro groups is 1. The molecule has 2 aromatic carbocycles. The Balaban J connectivity index is 1.97. The lowest BCUT2D eigenvalue weighted by molar-refractivity contribution is -0.385. The lowest BCUT2D eigenvalue weighted by atomic mass is 10.1. The average molecular weight is 420 g/mol. The van der Waals surface area contributed by atoms with E-state index in [0.29, 0.717) is 0 Å². The molecule has 3 rings (SSSR count). The van der Waals surface area contributed by atoms with Crippen LogP contribution in [0.15, 0.2) is 58.4 Å². The second-order valence-electron chi connectivity index (χ2n) is 6.17. The van der Waals surface area contributed by atoms with Crippen molar-refractivity contribution in [1.29, 1.82) is 5.26 Å². The van der Waals surface area contributed by atoms with E-state index in [1.807, 2.05) is 0 Å². The number of benzene rings is 2. The molecule has 0 atom stereocenters. The molecule has 0 saturated heterocycles. The van der Waals surface area contributed by atoms with Gasteiger partial charge >= 0.3 is 0 Å². The van der Waals surface area contributed by atoms with Gasteiger partial charge in [-0.15, -0.1) is 0 Å². The number of hydrogen-bond donors (Lipinski definition) is 1. The van der Waals surface area contributed by atoms with Crippen LogP contribution in [0.4, 0.5) is 10.1 Å². The van der Waals surface area contributed by atoms with Crippen molar-refractivity contribution in [2.45, 2.75) is 6.92 Å². The second kappa shape index (κ2) is 8.75. The van der Waals surface area contributed by atoms with Crippen LogP contribution in [0, 0.1) is 34.2 Å². The van der Waals surface area contributed by atoms with E-state index in [9.17, 15) is 29.4 Å². The Kier molecular flexibility index (Phi) is 5.92. The van der Waals surface area contributed by atoms with E-state index in [4.69, 9.17) is 0 Å². The van der Waals surface area contributed by atoms with Gasteiger partial charge < -0.3 is 0 Å². The number of carbonyl (C=O) groups is 1. The number of nitrogens with one attached hydrogen (secondary N) is 1. The molecule has 0 aliphatic carbocycles. The van der Waals surface area contributed by atoms with Gasteiger partial charge in [0.25, 0.3) is 17.2 Å². The normalized spacial score (nSPS) is 10.6. The summed E-state index contributed by atoms with van der Waals surface area (Å²) in [5.41, 5.74) is 0.967. The van der Waals surface area contributed by atoms with Crippen LogP contribution in [0.1, 0.15) is 27.2 Å². The number of nitrogens with zero attached hydrogens (tertiary/aromatic N) is 5.